The summed E-state index contributed by atoms with van der Waals surface area (Å²) in [5.74, 6) is -0.422. The van der Waals surface area contributed by atoms with Crippen LogP contribution in [-0.4, -0.2) is 22.3 Å². The second kappa shape index (κ2) is 7.39. The van der Waals surface area contributed by atoms with Crippen molar-refractivity contribution in [3.8, 4) is 0 Å². The Morgan fingerprint density at radius 1 is 0.920 bits per heavy atom. The van der Waals surface area contributed by atoms with Gasteiger partial charge >= 0.3 is 0 Å². The Morgan fingerprint density at radius 2 is 1.40 bits per heavy atom. The first kappa shape index (κ1) is 17.9. The van der Waals surface area contributed by atoms with Gasteiger partial charge in [0, 0.05) is 30.0 Å². The molecular weight excluding hydrogens is 328 g/mol. The zero-order chi connectivity index (χ0) is 18.6. The monoisotopic (exact) mass is 344 g/mol. The molecule has 2 aromatic carbocycles. The lowest BCUT2D eigenvalue weighted by atomic mass is 10.1. The third-order valence-corrected chi connectivity index (χ3v) is 3.58. The molecular formula is C16H16N4O5. The minimum Gasteiger partial charge on any atom is -0.376 e. The summed E-state index contributed by atoms with van der Waals surface area (Å²) in [5.41, 5.74) is 2.05. The number of nitrogens with zero attached hydrogens (tertiary/aromatic N) is 2. The molecule has 1 amide bonds. The van der Waals surface area contributed by atoms with Crippen molar-refractivity contribution < 1.29 is 14.6 Å². The van der Waals surface area contributed by atoms with E-state index in [0.717, 1.165) is 5.56 Å². The van der Waals surface area contributed by atoms with Gasteiger partial charge in [0.05, 0.1) is 22.1 Å². The number of anilines is 2. The second-order valence-electron chi connectivity index (χ2n) is 5.41. The normalized spacial score (nSPS) is 10.2. The van der Waals surface area contributed by atoms with Gasteiger partial charge in [-0.1, -0.05) is 12.1 Å². The van der Waals surface area contributed by atoms with Gasteiger partial charge in [0.1, 0.15) is 0 Å². The van der Waals surface area contributed by atoms with Crippen molar-refractivity contribution >= 4 is 28.7 Å². The highest BCUT2D eigenvalue weighted by Crippen LogP contribution is 2.23. The van der Waals surface area contributed by atoms with Gasteiger partial charge in [-0.15, -0.1) is 0 Å². The Bertz CT molecular complexity index is 850. The van der Waals surface area contributed by atoms with Crippen LogP contribution in [0.2, 0.25) is 0 Å². The zero-order valence-electron chi connectivity index (χ0n) is 13.6. The average molecular weight is 344 g/mol. The Hall–Kier alpha value is -3.49. The van der Waals surface area contributed by atoms with Crippen molar-refractivity contribution in [3.05, 3.63) is 67.8 Å². The lowest BCUT2D eigenvalue weighted by Gasteiger charge is -2.11. The average Bonchev–Trinajstić information content (AvgIpc) is 2.55. The summed E-state index contributed by atoms with van der Waals surface area (Å²) in [5, 5.41) is 27.0. The Kier molecular flexibility index (Phi) is 5.28. The molecule has 0 spiro atoms. The molecule has 0 aromatic heterocycles. The third kappa shape index (κ3) is 4.50. The summed E-state index contributed by atoms with van der Waals surface area (Å²) < 4.78 is 0. The van der Waals surface area contributed by atoms with Gasteiger partial charge in [0.15, 0.2) is 0 Å². The van der Waals surface area contributed by atoms with Crippen LogP contribution in [0.3, 0.4) is 0 Å². The first-order chi connectivity index (χ1) is 11.8. The molecule has 2 rings (SSSR count). The fraction of sp³-hybridized carbons (Fsp3) is 0.188. The molecule has 9 nitrogen and oxygen atoms in total. The fourth-order valence-corrected chi connectivity index (χ4v) is 2.14. The lowest BCUT2D eigenvalue weighted by molar-refractivity contribution is -0.385. The molecule has 9 heteroatoms. The minimum absolute atomic E-state index is 0.0805. The number of rotatable bonds is 6. The standard InChI is InChI=1S/C16H16N4O5/c1-10-3-5-12(19(22)23)7-14(10)17-9-16(21)18-15-8-13(20(24)25)6-4-11(15)2/h3-8,17H,9H2,1-2H3,(H,18,21). The van der Waals surface area contributed by atoms with E-state index in [2.05, 4.69) is 10.6 Å². The second-order valence-corrected chi connectivity index (χ2v) is 5.41. The number of hydrogen-bond donors (Lipinski definition) is 2. The SMILES string of the molecule is Cc1ccc([N+](=O)[O-])cc1NCC(=O)Nc1cc([N+](=O)[O-])ccc1C. The molecule has 0 saturated carbocycles. The number of benzene rings is 2. The molecule has 130 valence electrons. The Morgan fingerprint density at radius 3 is 1.92 bits per heavy atom. The van der Waals surface area contributed by atoms with Crippen LogP contribution in [0.1, 0.15) is 11.1 Å². The maximum absolute atomic E-state index is 12.1. The van der Waals surface area contributed by atoms with Gasteiger partial charge in [0.2, 0.25) is 5.91 Å². The van der Waals surface area contributed by atoms with Crippen LogP contribution >= 0.6 is 0 Å². The number of nitro groups is 2. The van der Waals surface area contributed by atoms with Crippen LogP contribution in [0.25, 0.3) is 0 Å². The van der Waals surface area contributed by atoms with Gasteiger partial charge in [-0.2, -0.15) is 0 Å². The molecule has 0 heterocycles. The van der Waals surface area contributed by atoms with E-state index in [9.17, 15) is 25.0 Å². The molecule has 0 aliphatic heterocycles. The van der Waals surface area contributed by atoms with Crippen LogP contribution in [0.5, 0.6) is 0 Å². The Balaban J connectivity index is 2.07. The summed E-state index contributed by atoms with van der Waals surface area (Å²) in [4.78, 5) is 32.6. The molecule has 2 aromatic rings. The van der Waals surface area contributed by atoms with E-state index in [4.69, 9.17) is 0 Å². The highest BCUT2D eigenvalue weighted by atomic mass is 16.6. The lowest BCUT2D eigenvalue weighted by Crippen LogP contribution is -2.22. The van der Waals surface area contributed by atoms with E-state index in [1.165, 1.54) is 24.3 Å². The van der Waals surface area contributed by atoms with Gasteiger partial charge in [-0.05, 0) is 25.0 Å². The summed E-state index contributed by atoms with van der Waals surface area (Å²) >= 11 is 0. The Labute approximate surface area is 143 Å². The number of hydrogen-bond acceptors (Lipinski definition) is 6. The van der Waals surface area contributed by atoms with Crippen molar-refractivity contribution in [2.45, 2.75) is 13.8 Å². The van der Waals surface area contributed by atoms with Gasteiger partial charge in [-0.3, -0.25) is 25.0 Å². The van der Waals surface area contributed by atoms with Crippen molar-refractivity contribution in [3.63, 3.8) is 0 Å². The van der Waals surface area contributed by atoms with E-state index in [1.807, 2.05) is 0 Å². The van der Waals surface area contributed by atoms with E-state index in [-0.39, 0.29) is 17.9 Å². The molecule has 2 N–H and O–H groups in total. The van der Waals surface area contributed by atoms with Crippen LogP contribution in [-0.2, 0) is 4.79 Å². The fourth-order valence-electron chi connectivity index (χ4n) is 2.14. The molecule has 0 radical (unpaired) electrons. The minimum atomic E-state index is -0.542. The predicted octanol–water partition coefficient (Wildman–Crippen LogP) is 3.17. The summed E-state index contributed by atoms with van der Waals surface area (Å²) in [6.45, 7) is 3.34. The number of amides is 1. The van der Waals surface area contributed by atoms with Crippen LogP contribution in [0, 0.1) is 34.1 Å². The number of non-ortho nitro benzene ring substituents is 2. The first-order valence-electron chi connectivity index (χ1n) is 7.31. The van der Waals surface area contributed by atoms with Gasteiger partial charge in [0.25, 0.3) is 11.4 Å². The largest absolute Gasteiger partial charge is 0.376 e. The number of aryl methyl sites for hydroxylation is 2. The van der Waals surface area contributed by atoms with Crippen molar-refractivity contribution in [1.29, 1.82) is 0 Å². The van der Waals surface area contributed by atoms with Gasteiger partial charge < -0.3 is 10.6 Å². The van der Waals surface area contributed by atoms with E-state index in [1.54, 1.807) is 26.0 Å². The third-order valence-electron chi connectivity index (χ3n) is 3.58. The topological polar surface area (TPSA) is 127 Å². The number of carbonyl (C=O) groups excluding carboxylic acids is 1. The maximum atomic E-state index is 12.1. The molecule has 0 aliphatic rings. The molecule has 0 atom stereocenters. The van der Waals surface area contributed by atoms with Crippen LogP contribution in [0.15, 0.2) is 36.4 Å². The molecule has 0 bridgehead atoms. The van der Waals surface area contributed by atoms with Gasteiger partial charge in [-0.25, -0.2) is 0 Å². The van der Waals surface area contributed by atoms with E-state index in [0.29, 0.717) is 16.9 Å². The molecule has 0 unspecified atom stereocenters. The number of nitrogens with one attached hydrogen (secondary N) is 2. The predicted molar refractivity (Wildman–Crippen MR) is 92.8 cm³/mol. The molecule has 0 aliphatic carbocycles. The zero-order valence-corrected chi connectivity index (χ0v) is 13.6. The first-order valence-corrected chi connectivity index (χ1v) is 7.31. The van der Waals surface area contributed by atoms with Crippen molar-refractivity contribution in [2.75, 3.05) is 17.2 Å². The highest BCUT2D eigenvalue weighted by molar-refractivity contribution is 5.94. The van der Waals surface area contributed by atoms with Crippen molar-refractivity contribution in [2.24, 2.45) is 0 Å². The van der Waals surface area contributed by atoms with E-state index >= 15 is 0 Å². The molecule has 0 saturated heterocycles. The molecule has 25 heavy (non-hydrogen) atoms. The van der Waals surface area contributed by atoms with Crippen molar-refractivity contribution in [1.82, 2.24) is 0 Å². The highest BCUT2D eigenvalue weighted by Gasteiger charge is 2.12. The van der Waals surface area contributed by atoms with E-state index < -0.39 is 15.8 Å². The smallest absolute Gasteiger partial charge is 0.271 e. The van der Waals surface area contributed by atoms with Crippen LogP contribution < -0.4 is 10.6 Å². The summed E-state index contributed by atoms with van der Waals surface area (Å²) in [6.07, 6.45) is 0. The van der Waals surface area contributed by atoms with Crippen LogP contribution in [0.4, 0.5) is 22.7 Å². The summed E-state index contributed by atoms with van der Waals surface area (Å²) in [7, 11) is 0. The summed E-state index contributed by atoms with van der Waals surface area (Å²) in [6, 6.07) is 8.50. The quantitative estimate of drug-likeness (QED) is 0.612. The molecule has 0 fully saturated rings. The number of carbonyl (C=O) groups is 1. The number of nitro benzene ring substituents is 2. The maximum Gasteiger partial charge on any atom is 0.271 e.